The first kappa shape index (κ1) is 14.7. The molecule has 0 radical (unpaired) electrons. The number of benzene rings is 1. The van der Waals surface area contributed by atoms with E-state index >= 15 is 0 Å². The van der Waals surface area contributed by atoms with Gasteiger partial charge in [0.1, 0.15) is 10.9 Å². The molecule has 0 aliphatic rings. The third kappa shape index (κ3) is 3.46. The monoisotopic (exact) mass is 355 g/mol. The van der Waals surface area contributed by atoms with Gasteiger partial charge in [0.25, 0.3) is 5.91 Å². The second kappa shape index (κ2) is 6.19. The van der Waals surface area contributed by atoms with E-state index in [1.165, 1.54) is 7.11 Å². The molecule has 0 aliphatic carbocycles. The van der Waals surface area contributed by atoms with Crippen LogP contribution in [0.15, 0.2) is 28.7 Å². The summed E-state index contributed by atoms with van der Waals surface area (Å²) in [6.45, 7) is 1.77. The van der Waals surface area contributed by atoms with Crippen LogP contribution in [0.5, 0.6) is 5.75 Å². The Morgan fingerprint density at radius 2 is 2.10 bits per heavy atom. The summed E-state index contributed by atoms with van der Waals surface area (Å²) in [5.41, 5.74) is 1.09. The zero-order valence-corrected chi connectivity index (χ0v) is 13.1. The lowest BCUT2D eigenvalue weighted by atomic mass is 10.2. The number of hydrogen-bond acceptors (Lipinski definition) is 4. The summed E-state index contributed by atoms with van der Waals surface area (Å²) >= 11 is 9.15. The lowest BCUT2D eigenvalue weighted by Gasteiger charge is -2.08. The lowest BCUT2D eigenvalue weighted by Crippen LogP contribution is -2.15. The van der Waals surface area contributed by atoms with Crippen LogP contribution < -0.4 is 10.1 Å². The van der Waals surface area contributed by atoms with Crippen LogP contribution in [0, 0.1) is 6.92 Å². The number of anilines is 1. The smallest absolute Gasteiger partial charge is 0.259 e. The Balaban J connectivity index is 2.27. The molecule has 1 amide bonds. The van der Waals surface area contributed by atoms with Gasteiger partial charge in [-0.1, -0.05) is 11.6 Å². The molecule has 2 rings (SSSR count). The standard InChI is InChI=1S/C13H11BrClN3O2/c1-7-5-11(15)17-13(16-7)18-12(19)9-6-8(20-2)3-4-10(9)14/h3-6H,1-2H3,(H,16,17,18,19). The third-order valence-electron chi connectivity index (χ3n) is 2.47. The second-order valence-electron chi connectivity index (χ2n) is 3.96. The number of hydrogen-bond donors (Lipinski definition) is 1. The Kier molecular flexibility index (Phi) is 4.57. The molecule has 104 valence electrons. The zero-order valence-electron chi connectivity index (χ0n) is 10.8. The van der Waals surface area contributed by atoms with E-state index in [0.717, 1.165) is 0 Å². The average molecular weight is 357 g/mol. The predicted octanol–water partition coefficient (Wildman–Crippen LogP) is 3.46. The minimum Gasteiger partial charge on any atom is -0.497 e. The molecule has 0 bridgehead atoms. The van der Waals surface area contributed by atoms with E-state index < -0.39 is 0 Å². The van der Waals surface area contributed by atoms with Crippen molar-refractivity contribution < 1.29 is 9.53 Å². The Hall–Kier alpha value is -1.66. The molecule has 0 saturated carbocycles. The Labute approximate surface area is 129 Å². The highest BCUT2D eigenvalue weighted by Crippen LogP contribution is 2.23. The summed E-state index contributed by atoms with van der Waals surface area (Å²) in [6, 6.07) is 6.72. The van der Waals surface area contributed by atoms with Crippen LogP contribution in [0.1, 0.15) is 16.1 Å². The van der Waals surface area contributed by atoms with E-state index in [1.807, 2.05) is 0 Å². The number of aryl methyl sites for hydroxylation is 1. The Bertz CT molecular complexity index is 644. The predicted molar refractivity (Wildman–Crippen MR) is 80.4 cm³/mol. The maximum Gasteiger partial charge on any atom is 0.259 e. The summed E-state index contributed by atoms with van der Waals surface area (Å²) < 4.78 is 5.74. The van der Waals surface area contributed by atoms with E-state index in [0.29, 0.717) is 21.5 Å². The number of aromatic nitrogens is 2. The molecule has 5 nitrogen and oxygen atoms in total. The zero-order chi connectivity index (χ0) is 14.7. The van der Waals surface area contributed by atoms with Gasteiger partial charge in [0.2, 0.25) is 5.95 Å². The van der Waals surface area contributed by atoms with Gasteiger partial charge in [-0.3, -0.25) is 10.1 Å². The molecule has 20 heavy (non-hydrogen) atoms. The van der Waals surface area contributed by atoms with Gasteiger partial charge in [-0.05, 0) is 47.1 Å². The SMILES string of the molecule is COc1ccc(Br)c(C(=O)Nc2nc(C)cc(Cl)n2)c1. The van der Waals surface area contributed by atoms with Gasteiger partial charge < -0.3 is 4.74 Å². The van der Waals surface area contributed by atoms with Crippen molar-refractivity contribution in [3.63, 3.8) is 0 Å². The molecule has 1 aromatic carbocycles. The summed E-state index contributed by atoms with van der Waals surface area (Å²) in [7, 11) is 1.54. The number of methoxy groups -OCH3 is 1. The van der Waals surface area contributed by atoms with E-state index in [1.54, 1.807) is 31.2 Å². The summed E-state index contributed by atoms with van der Waals surface area (Å²) in [5, 5.41) is 2.88. The minimum absolute atomic E-state index is 0.162. The molecule has 0 aliphatic heterocycles. The van der Waals surface area contributed by atoms with Crippen LogP contribution in [-0.2, 0) is 0 Å². The van der Waals surface area contributed by atoms with Crippen LogP contribution >= 0.6 is 27.5 Å². The average Bonchev–Trinajstić information content (AvgIpc) is 2.37. The van der Waals surface area contributed by atoms with Gasteiger partial charge >= 0.3 is 0 Å². The van der Waals surface area contributed by atoms with E-state index in [2.05, 4.69) is 31.2 Å². The van der Waals surface area contributed by atoms with Gasteiger partial charge in [-0.2, -0.15) is 0 Å². The van der Waals surface area contributed by atoms with Gasteiger partial charge in [-0.15, -0.1) is 0 Å². The van der Waals surface area contributed by atoms with Crippen LogP contribution in [0.3, 0.4) is 0 Å². The molecule has 0 unspecified atom stereocenters. The summed E-state index contributed by atoms with van der Waals surface area (Å²) in [6.07, 6.45) is 0. The van der Waals surface area contributed by atoms with Crippen molar-refractivity contribution in [2.75, 3.05) is 12.4 Å². The van der Waals surface area contributed by atoms with Crippen molar-refractivity contribution in [3.8, 4) is 5.75 Å². The fourth-order valence-corrected chi connectivity index (χ4v) is 2.22. The van der Waals surface area contributed by atoms with Crippen molar-refractivity contribution >= 4 is 39.4 Å². The van der Waals surface area contributed by atoms with Crippen LogP contribution in [-0.4, -0.2) is 23.0 Å². The molecule has 1 N–H and O–H groups in total. The number of amides is 1. The van der Waals surface area contributed by atoms with E-state index in [9.17, 15) is 4.79 Å². The van der Waals surface area contributed by atoms with Gasteiger partial charge in [0.05, 0.1) is 12.7 Å². The number of nitrogens with one attached hydrogen (secondary N) is 1. The van der Waals surface area contributed by atoms with Crippen LogP contribution in [0.2, 0.25) is 5.15 Å². The molecule has 2 aromatic rings. The number of carbonyl (C=O) groups excluding carboxylic acids is 1. The lowest BCUT2D eigenvalue weighted by molar-refractivity contribution is 0.102. The maximum atomic E-state index is 12.2. The summed E-state index contributed by atoms with van der Waals surface area (Å²) in [4.78, 5) is 20.3. The molecule has 0 atom stereocenters. The molecule has 1 aromatic heterocycles. The van der Waals surface area contributed by atoms with E-state index in [4.69, 9.17) is 16.3 Å². The first-order chi connectivity index (χ1) is 9.49. The molecule has 1 heterocycles. The van der Waals surface area contributed by atoms with Crippen molar-refractivity contribution in [1.82, 2.24) is 9.97 Å². The number of nitrogens with zero attached hydrogens (tertiary/aromatic N) is 2. The number of halogens is 2. The molecular weight excluding hydrogens is 346 g/mol. The van der Waals surface area contributed by atoms with Crippen molar-refractivity contribution in [1.29, 1.82) is 0 Å². The number of carbonyl (C=O) groups is 1. The molecule has 0 fully saturated rings. The van der Waals surface area contributed by atoms with Crippen molar-refractivity contribution in [2.24, 2.45) is 0 Å². The highest BCUT2D eigenvalue weighted by atomic mass is 79.9. The Morgan fingerprint density at radius 1 is 1.35 bits per heavy atom. The molecule has 7 heteroatoms. The first-order valence-electron chi connectivity index (χ1n) is 5.65. The molecular formula is C13H11BrClN3O2. The highest BCUT2D eigenvalue weighted by Gasteiger charge is 2.13. The van der Waals surface area contributed by atoms with Crippen LogP contribution in [0.25, 0.3) is 0 Å². The fraction of sp³-hybridized carbons (Fsp3) is 0.154. The normalized spacial score (nSPS) is 10.2. The number of ether oxygens (including phenoxy) is 1. The first-order valence-corrected chi connectivity index (χ1v) is 6.83. The number of rotatable bonds is 3. The maximum absolute atomic E-state index is 12.2. The third-order valence-corrected chi connectivity index (χ3v) is 3.35. The van der Waals surface area contributed by atoms with Crippen LogP contribution in [0.4, 0.5) is 5.95 Å². The van der Waals surface area contributed by atoms with Crippen molar-refractivity contribution in [3.05, 3.63) is 45.1 Å². The summed E-state index contributed by atoms with van der Waals surface area (Å²) in [5.74, 6) is 0.397. The second-order valence-corrected chi connectivity index (χ2v) is 5.20. The Morgan fingerprint density at radius 3 is 2.75 bits per heavy atom. The highest BCUT2D eigenvalue weighted by molar-refractivity contribution is 9.10. The largest absolute Gasteiger partial charge is 0.497 e. The van der Waals surface area contributed by atoms with Gasteiger partial charge in [-0.25, -0.2) is 9.97 Å². The van der Waals surface area contributed by atoms with Gasteiger partial charge in [0.15, 0.2) is 0 Å². The molecule has 0 saturated heterocycles. The fourth-order valence-electron chi connectivity index (χ4n) is 1.56. The van der Waals surface area contributed by atoms with E-state index in [-0.39, 0.29) is 17.0 Å². The quantitative estimate of drug-likeness (QED) is 0.855. The minimum atomic E-state index is -0.350. The molecule has 0 spiro atoms. The topological polar surface area (TPSA) is 64.1 Å². The van der Waals surface area contributed by atoms with Gasteiger partial charge in [0, 0.05) is 10.2 Å². The van der Waals surface area contributed by atoms with Crippen molar-refractivity contribution in [2.45, 2.75) is 6.92 Å².